The SMILES string of the molecule is CCOC(=O)c1ccc2c(c1)c1cc(Cc3ccccc3F)ccc1n2-c1ccc(C(F)(F)F)cc1. The van der Waals surface area contributed by atoms with Crippen LogP contribution in [0.5, 0.6) is 0 Å². The molecule has 1 aromatic heterocycles. The molecule has 0 bridgehead atoms. The molecule has 5 rings (SSSR count). The summed E-state index contributed by atoms with van der Waals surface area (Å²) in [6, 6.07) is 22.3. The van der Waals surface area contributed by atoms with Crippen molar-refractivity contribution in [2.24, 2.45) is 0 Å². The smallest absolute Gasteiger partial charge is 0.416 e. The molecule has 0 radical (unpaired) electrons. The van der Waals surface area contributed by atoms with Crippen LogP contribution in [-0.4, -0.2) is 17.1 Å². The van der Waals surface area contributed by atoms with Gasteiger partial charge >= 0.3 is 12.1 Å². The minimum atomic E-state index is -4.44. The lowest BCUT2D eigenvalue weighted by Gasteiger charge is -2.11. The number of rotatable bonds is 5. The van der Waals surface area contributed by atoms with Crippen molar-refractivity contribution in [2.75, 3.05) is 6.61 Å². The molecule has 182 valence electrons. The first-order chi connectivity index (χ1) is 17.3. The predicted octanol–water partition coefficient (Wildman–Crippen LogP) is 7.71. The highest BCUT2D eigenvalue weighted by molar-refractivity contribution is 6.11. The van der Waals surface area contributed by atoms with Gasteiger partial charge in [-0.1, -0.05) is 24.3 Å². The van der Waals surface area contributed by atoms with Crippen molar-refractivity contribution in [3.05, 3.63) is 113 Å². The number of nitrogens with zero attached hydrogens (tertiary/aromatic N) is 1. The monoisotopic (exact) mass is 491 g/mol. The Hall–Kier alpha value is -4.13. The normalized spacial score (nSPS) is 11.8. The minimum Gasteiger partial charge on any atom is -0.462 e. The van der Waals surface area contributed by atoms with E-state index in [1.54, 1.807) is 43.3 Å². The van der Waals surface area contributed by atoms with Gasteiger partial charge in [0.1, 0.15) is 5.82 Å². The molecule has 4 aromatic carbocycles. The van der Waals surface area contributed by atoms with Crippen LogP contribution in [0.25, 0.3) is 27.5 Å². The zero-order valence-corrected chi connectivity index (χ0v) is 19.3. The van der Waals surface area contributed by atoms with E-state index in [1.165, 1.54) is 18.2 Å². The van der Waals surface area contributed by atoms with Gasteiger partial charge < -0.3 is 9.30 Å². The molecule has 0 spiro atoms. The third kappa shape index (κ3) is 4.33. The van der Waals surface area contributed by atoms with Crippen molar-refractivity contribution >= 4 is 27.8 Å². The largest absolute Gasteiger partial charge is 0.462 e. The summed E-state index contributed by atoms with van der Waals surface area (Å²) in [7, 11) is 0. The van der Waals surface area contributed by atoms with Crippen LogP contribution < -0.4 is 0 Å². The minimum absolute atomic E-state index is 0.233. The van der Waals surface area contributed by atoms with Crippen LogP contribution in [0.4, 0.5) is 17.6 Å². The lowest BCUT2D eigenvalue weighted by atomic mass is 10.0. The number of hydrogen-bond donors (Lipinski definition) is 0. The number of ether oxygens (including phenoxy) is 1. The Balaban J connectivity index is 1.70. The number of carbonyl (C=O) groups is 1. The van der Waals surface area contributed by atoms with E-state index in [9.17, 15) is 22.4 Å². The number of aromatic nitrogens is 1. The second kappa shape index (κ2) is 9.15. The van der Waals surface area contributed by atoms with Gasteiger partial charge in [0.15, 0.2) is 0 Å². The molecule has 36 heavy (non-hydrogen) atoms. The molecule has 0 aliphatic carbocycles. The van der Waals surface area contributed by atoms with E-state index in [-0.39, 0.29) is 12.4 Å². The number of esters is 1. The van der Waals surface area contributed by atoms with E-state index in [1.807, 2.05) is 22.8 Å². The molecule has 3 nitrogen and oxygen atoms in total. The van der Waals surface area contributed by atoms with Gasteiger partial charge in [0, 0.05) is 22.9 Å². The number of benzene rings is 4. The Labute approximate surface area is 204 Å². The van der Waals surface area contributed by atoms with Gasteiger partial charge in [0.05, 0.1) is 28.8 Å². The van der Waals surface area contributed by atoms with Gasteiger partial charge in [-0.2, -0.15) is 13.2 Å². The quantitative estimate of drug-likeness (QED) is 0.186. The summed E-state index contributed by atoms with van der Waals surface area (Å²) in [5, 5.41) is 1.54. The van der Waals surface area contributed by atoms with E-state index >= 15 is 0 Å². The van der Waals surface area contributed by atoms with Crippen molar-refractivity contribution < 1.29 is 27.1 Å². The molecule has 0 aliphatic heterocycles. The summed E-state index contributed by atoms with van der Waals surface area (Å²) in [6.07, 6.45) is -4.07. The lowest BCUT2D eigenvalue weighted by Crippen LogP contribution is -2.05. The van der Waals surface area contributed by atoms with Crippen LogP contribution in [0.15, 0.2) is 84.9 Å². The first-order valence-corrected chi connectivity index (χ1v) is 11.4. The van der Waals surface area contributed by atoms with Crippen LogP contribution in [0.2, 0.25) is 0 Å². The highest BCUT2D eigenvalue weighted by atomic mass is 19.4. The molecule has 5 aromatic rings. The Bertz CT molecular complexity index is 1580. The van der Waals surface area contributed by atoms with Crippen LogP contribution in [-0.2, 0) is 17.3 Å². The number of fused-ring (bicyclic) bond motifs is 3. The molecule has 0 N–H and O–H groups in total. The molecule has 0 saturated carbocycles. The number of alkyl halides is 3. The van der Waals surface area contributed by atoms with E-state index in [0.29, 0.717) is 23.2 Å². The van der Waals surface area contributed by atoms with Crippen molar-refractivity contribution in [3.8, 4) is 5.69 Å². The van der Waals surface area contributed by atoms with Gasteiger partial charge in [-0.15, -0.1) is 0 Å². The maximum atomic E-state index is 14.3. The molecular formula is C29H21F4NO2. The highest BCUT2D eigenvalue weighted by Crippen LogP contribution is 2.35. The Morgan fingerprint density at radius 1 is 0.861 bits per heavy atom. The molecule has 7 heteroatoms. The van der Waals surface area contributed by atoms with Crippen molar-refractivity contribution in [1.82, 2.24) is 4.57 Å². The molecule has 0 unspecified atom stereocenters. The van der Waals surface area contributed by atoms with Gasteiger partial charge in [-0.05, 0) is 78.7 Å². The average molecular weight is 491 g/mol. The molecule has 0 aliphatic rings. The lowest BCUT2D eigenvalue weighted by molar-refractivity contribution is -0.137. The Kier molecular flexibility index (Phi) is 6.00. The molecular weight excluding hydrogens is 470 g/mol. The average Bonchev–Trinajstić information content (AvgIpc) is 3.18. The van der Waals surface area contributed by atoms with E-state index < -0.39 is 17.7 Å². The van der Waals surface area contributed by atoms with Gasteiger partial charge in [0.2, 0.25) is 0 Å². The third-order valence-corrected chi connectivity index (χ3v) is 6.15. The van der Waals surface area contributed by atoms with Crippen molar-refractivity contribution in [1.29, 1.82) is 0 Å². The summed E-state index contributed by atoms with van der Waals surface area (Å²) < 4.78 is 60.6. The number of hydrogen-bond acceptors (Lipinski definition) is 2. The maximum absolute atomic E-state index is 14.3. The molecule has 0 fully saturated rings. The van der Waals surface area contributed by atoms with Crippen LogP contribution in [0.1, 0.15) is 34.0 Å². The summed E-state index contributed by atoms with van der Waals surface area (Å²) in [4.78, 5) is 12.4. The van der Waals surface area contributed by atoms with Gasteiger partial charge in [0.25, 0.3) is 0 Å². The molecule has 0 saturated heterocycles. The molecule has 1 heterocycles. The van der Waals surface area contributed by atoms with E-state index in [2.05, 4.69) is 0 Å². The summed E-state index contributed by atoms with van der Waals surface area (Å²) in [6.45, 7) is 1.96. The zero-order chi connectivity index (χ0) is 25.4. The molecule has 0 amide bonds. The van der Waals surface area contributed by atoms with E-state index in [0.717, 1.165) is 39.5 Å². The maximum Gasteiger partial charge on any atom is 0.416 e. The van der Waals surface area contributed by atoms with Crippen LogP contribution in [0.3, 0.4) is 0 Å². The predicted molar refractivity (Wildman–Crippen MR) is 131 cm³/mol. The number of carbonyl (C=O) groups excluding carboxylic acids is 1. The fourth-order valence-electron chi connectivity index (χ4n) is 4.46. The highest BCUT2D eigenvalue weighted by Gasteiger charge is 2.30. The first kappa shape index (κ1) is 23.6. The second-order valence-corrected chi connectivity index (χ2v) is 8.45. The summed E-state index contributed by atoms with van der Waals surface area (Å²) in [5.41, 5.74) is 3.08. The zero-order valence-electron chi connectivity index (χ0n) is 19.3. The van der Waals surface area contributed by atoms with E-state index in [4.69, 9.17) is 4.74 Å². The topological polar surface area (TPSA) is 31.2 Å². The third-order valence-electron chi connectivity index (χ3n) is 6.15. The van der Waals surface area contributed by atoms with Crippen LogP contribution in [0, 0.1) is 5.82 Å². The summed E-state index contributed by atoms with van der Waals surface area (Å²) in [5.74, 6) is -0.758. The van der Waals surface area contributed by atoms with Crippen molar-refractivity contribution in [3.63, 3.8) is 0 Å². The fourth-order valence-corrected chi connectivity index (χ4v) is 4.46. The first-order valence-electron chi connectivity index (χ1n) is 11.4. The summed E-state index contributed by atoms with van der Waals surface area (Å²) >= 11 is 0. The Morgan fingerprint density at radius 3 is 2.19 bits per heavy atom. The fraction of sp³-hybridized carbons (Fsp3) is 0.138. The number of halogens is 4. The molecule has 0 atom stereocenters. The van der Waals surface area contributed by atoms with Crippen LogP contribution >= 0.6 is 0 Å². The van der Waals surface area contributed by atoms with Gasteiger partial charge in [-0.3, -0.25) is 0 Å². The van der Waals surface area contributed by atoms with Gasteiger partial charge in [-0.25, -0.2) is 9.18 Å². The van der Waals surface area contributed by atoms with Crippen molar-refractivity contribution in [2.45, 2.75) is 19.5 Å². The Morgan fingerprint density at radius 2 is 1.53 bits per heavy atom. The second-order valence-electron chi connectivity index (χ2n) is 8.45. The standard InChI is InChI=1S/C29H21F4NO2/c1-2-36-28(35)20-8-14-27-24(17-20)23-16-18(15-19-5-3-4-6-25(19)30)7-13-26(23)34(27)22-11-9-21(10-12-22)29(31,32)33/h3-14,16-17H,2,15H2,1H3.